The van der Waals surface area contributed by atoms with E-state index in [0.29, 0.717) is 30.2 Å². The zero-order valence-electron chi connectivity index (χ0n) is 20.0. The summed E-state index contributed by atoms with van der Waals surface area (Å²) in [5.74, 6) is -1.30. The maximum Gasteiger partial charge on any atom is 0.287 e. The Hall–Kier alpha value is -3.82. The summed E-state index contributed by atoms with van der Waals surface area (Å²) in [6.07, 6.45) is 4.26. The summed E-state index contributed by atoms with van der Waals surface area (Å²) in [5, 5.41) is 21.2. The van der Waals surface area contributed by atoms with E-state index in [0.717, 1.165) is 28.8 Å². The first kappa shape index (κ1) is 26.2. The van der Waals surface area contributed by atoms with E-state index in [1.54, 1.807) is 14.0 Å². The molecule has 0 spiro atoms. The second-order valence-electron chi connectivity index (χ2n) is 7.98. The van der Waals surface area contributed by atoms with Gasteiger partial charge in [0.05, 0.1) is 11.2 Å². The van der Waals surface area contributed by atoms with E-state index in [4.69, 9.17) is 5.26 Å². The number of carbonyl (C=O) groups excluding carboxylic acids is 1. The van der Waals surface area contributed by atoms with Gasteiger partial charge in [-0.1, -0.05) is 42.1 Å². The highest BCUT2D eigenvalue weighted by Gasteiger charge is 2.49. The summed E-state index contributed by atoms with van der Waals surface area (Å²) < 4.78 is 28.9. The molecule has 0 fully saturated rings. The minimum absolute atomic E-state index is 0.0159. The van der Waals surface area contributed by atoms with Gasteiger partial charge in [0.25, 0.3) is 5.91 Å². The van der Waals surface area contributed by atoms with Gasteiger partial charge >= 0.3 is 0 Å². The van der Waals surface area contributed by atoms with Crippen LogP contribution in [0.4, 0.5) is 8.78 Å². The minimum Gasteiger partial charge on any atom is -0.356 e. The van der Waals surface area contributed by atoms with Crippen molar-refractivity contribution in [1.82, 2.24) is 20.6 Å². The number of benzene rings is 2. The fourth-order valence-electron chi connectivity index (χ4n) is 3.89. The minimum atomic E-state index is -1.04. The first-order valence-corrected chi connectivity index (χ1v) is 12.9. The number of thiazole rings is 1. The predicted octanol–water partition coefficient (Wildman–Crippen LogP) is 4.56. The largest absolute Gasteiger partial charge is 0.356 e. The highest BCUT2D eigenvalue weighted by atomic mass is 32.2. The number of aryl methyl sites for hydroxylation is 1. The van der Waals surface area contributed by atoms with Crippen molar-refractivity contribution in [2.45, 2.75) is 24.6 Å². The Kier molecular flexibility index (Phi) is 8.15. The van der Waals surface area contributed by atoms with Gasteiger partial charge in [-0.15, -0.1) is 11.3 Å². The Morgan fingerprint density at radius 2 is 2.03 bits per heavy atom. The number of nitriles is 1. The van der Waals surface area contributed by atoms with Crippen molar-refractivity contribution in [3.63, 3.8) is 0 Å². The van der Waals surface area contributed by atoms with Crippen molar-refractivity contribution in [3.8, 4) is 6.19 Å². The van der Waals surface area contributed by atoms with Crippen LogP contribution in [-0.4, -0.2) is 40.5 Å². The molecule has 0 aliphatic carbocycles. The molecule has 2 N–H and O–H groups in total. The Bertz CT molecular complexity index is 1390. The predicted molar refractivity (Wildman–Crippen MR) is 141 cm³/mol. The molecule has 37 heavy (non-hydrogen) atoms. The average Bonchev–Trinajstić information content (AvgIpc) is 3.52. The molecule has 1 atom stereocenters. The molecule has 2 heterocycles. The third-order valence-corrected chi connectivity index (χ3v) is 7.94. The van der Waals surface area contributed by atoms with Gasteiger partial charge in [0, 0.05) is 19.2 Å². The third kappa shape index (κ3) is 5.63. The molecule has 1 amide bonds. The van der Waals surface area contributed by atoms with E-state index in [9.17, 15) is 13.6 Å². The van der Waals surface area contributed by atoms with Crippen LogP contribution < -0.4 is 10.6 Å². The summed E-state index contributed by atoms with van der Waals surface area (Å²) in [4.78, 5) is 21.3. The Morgan fingerprint density at radius 1 is 1.24 bits per heavy atom. The molecule has 0 saturated heterocycles. The molecule has 4 rings (SSSR count). The van der Waals surface area contributed by atoms with Crippen LogP contribution in [0, 0.1) is 30.0 Å². The third-order valence-electron chi connectivity index (χ3n) is 5.59. The summed E-state index contributed by atoms with van der Waals surface area (Å²) in [6, 6.07) is 12.5. The number of halogens is 2. The summed E-state index contributed by atoms with van der Waals surface area (Å²) in [7, 11) is 1.55. The zero-order chi connectivity index (χ0) is 26.4. The SMILES string of the molecule is CN=C(NC#N)NCCCC1(c2ccccc2)SC(c2cc(F)ccc2F)=NN1C(=O)c1cnc(C)s1. The van der Waals surface area contributed by atoms with Crippen LogP contribution >= 0.6 is 23.1 Å². The van der Waals surface area contributed by atoms with Crippen LogP contribution in [0.15, 0.2) is 64.8 Å². The summed E-state index contributed by atoms with van der Waals surface area (Å²) >= 11 is 2.45. The van der Waals surface area contributed by atoms with E-state index >= 15 is 0 Å². The van der Waals surface area contributed by atoms with Crippen LogP contribution in [0.2, 0.25) is 0 Å². The van der Waals surface area contributed by atoms with Crippen LogP contribution in [0.25, 0.3) is 0 Å². The quantitative estimate of drug-likeness (QED) is 0.150. The van der Waals surface area contributed by atoms with Crippen LogP contribution in [0.1, 0.15) is 38.6 Å². The first-order valence-electron chi connectivity index (χ1n) is 11.3. The molecule has 1 aromatic heterocycles. The van der Waals surface area contributed by atoms with Crippen molar-refractivity contribution in [2.75, 3.05) is 13.6 Å². The lowest BCUT2D eigenvalue weighted by atomic mass is 10.00. The molecule has 1 unspecified atom stereocenters. The average molecular weight is 540 g/mol. The molecule has 3 aromatic rings. The first-order chi connectivity index (χ1) is 17.9. The van der Waals surface area contributed by atoms with Gasteiger partial charge < -0.3 is 5.32 Å². The van der Waals surface area contributed by atoms with E-state index in [-0.39, 0.29) is 16.5 Å². The monoisotopic (exact) mass is 539 g/mol. The number of nitrogens with one attached hydrogen (secondary N) is 2. The van der Waals surface area contributed by atoms with Gasteiger partial charge in [0.1, 0.15) is 26.4 Å². The fourth-order valence-corrected chi connectivity index (χ4v) is 6.01. The second-order valence-corrected chi connectivity index (χ2v) is 10.5. The molecule has 190 valence electrons. The lowest BCUT2D eigenvalue weighted by Gasteiger charge is -2.35. The highest BCUT2D eigenvalue weighted by Crippen LogP contribution is 2.51. The van der Waals surface area contributed by atoms with E-state index in [1.165, 1.54) is 34.3 Å². The topological polar surface area (TPSA) is 106 Å². The highest BCUT2D eigenvalue weighted by molar-refractivity contribution is 8.15. The molecule has 1 aliphatic heterocycles. The van der Waals surface area contributed by atoms with Crippen molar-refractivity contribution in [3.05, 3.63) is 87.4 Å². The second kappa shape index (κ2) is 11.5. The standard InChI is InChI=1S/C25H23F2N7OS2/c1-16-31-14-21(36-16)23(35)34-25(17-7-4-3-5-8-17,11-6-12-30-24(29-2)32-15-28)37-22(33-34)19-13-18(26)9-10-20(19)27/h3-5,7-10,13-14H,6,11-12H2,1-2H3,(H2,29,30,32). The molecular weight excluding hydrogens is 516 g/mol. The van der Waals surface area contributed by atoms with Crippen LogP contribution in [-0.2, 0) is 4.87 Å². The molecule has 0 radical (unpaired) electrons. The van der Waals surface area contributed by atoms with Gasteiger partial charge in [-0.05, 0) is 43.5 Å². The number of guanidine groups is 1. The Labute approximate surface area is 221 Å². The molecule has 12 heteroatoms. The molecule has 2 aromatic carbocycles. The molecule has 0 saturated carbocycles. The van der Waals surface area contributed by atoms with E-state index in [2.05, 4.69) is 25.7 Å². The molecule has 8 nitrogen and oxygen atoms in total. The number of thioether (sulfide) groups is 1. The van der Waals surface area contributed by atoms with Gasteiger partial charge in [0.15, 0.2) is 6.19 Å². The zero-order valence-corrected chi connectivity index (χ0v) is 21.7. The number of hydrogen-bond acceptors (Lipinski definition) is 7. The van der Waals surface area contributed by atoms with E-state index < -0.39 is 16.5 Å². The van der Waals surface area contributed by atoms with Gasteiger partial charge in [-0.2, -0.15) is 10.4 Å². The smallest absolute Gasteiger partial charge is 0.287 e. The van der Waals surface area contributed by atoms with Crippen molar-refractivity contribution < 1.29 is 13.6 Å². The number of amides is 1. The number of aliphatic imine (C=N–C) groups is 1. The summed E-state index contributed by atoms with van der Waals surface area (Å²) in [5.41, 5.74) is 0.766. The molecule has 0 bridgehead atoms. The fraction of sp³-hybridized carbons (Fsp3) is 0.240. The number of carbonyl (C=O) groups is 1. The van der Waals surface area contributed by atoms with Crippen molar-refractivity contribution >= 4 is 40.0 Å². The maximum atomic E-state index is 14.8. The van der Waals surface area contributed by atoms with Gasteiger partial charge in [-0.25, -0.2) is 18.8 Å². The van der Waals surface area contributed by atoms with Crippen molar-refractivity contribution in [2.24, 2.45) is 10.1 Å². The Balaban J connectivity index is 1.75. The van der Waals surface area contributed by atoms with Gasteiger partial charge in [-0.3, -0.25) is 15.1 Å². The summed E-state index contributed by atoms with van der Waals surface area (Å²) in [6.45, 7) is 2.23. The lowest BCUT2D eigenvalue weighted by Crippen LogP contribution is -2.42. The van der Waals surface area contributed by atoms with Crippen LogP contribution in [0.3, 0.4) is 0 Å². The molecule has 1 aliphatic rings. The van der Waals surface area contributed by atoms with Crippen LogP contribution in [0.5, 0.6) is 0 Å². The number of aromatic nitrogens is 1. The number of hydrazone groups is 1. The number of rotatable bonds is 7. The van der Waals surface area contributed by atoms with E-state index in [1.807, 2.05) is 36.5 Å². The lowest BCUT2D eigenvalue weighted by molar-refractivity contribution is 0.0642. The van der Waals surface area contributed by atoms with Gasteiger partial charge in [0.2, 0.25) is 5.96 Å². The van der Waals surface area contributed by atoms with Crippen molar-refractivity contribution in [1.29, 1.82) is 5.26 Å². The number of hydrogen-bond donors (Lipinski definition) is 2. The molecular formula is C25H23F2N7OS2. The Morgan fingerprint density at radius 3 is 2.70 bits per heavy atom. The maximum absolute atomic E-state index is 14.8. The number of nitrogens with zero attached hydrogens (tertiary/aromatic N) is 5. The normalized spacial score (nSPS) is 17.3.